The summed E-state index contributed by atoms with van der Waals surface area (Å²) in [7, 11) is 0. The van der Waals surface area contributed by atoms with Crippen LogP contribution in [0.4, 0.5) is 4.79 Å². The number of benzene rings is 1. The molecule has 11 heteroatoms. The Morgan fingerprint density at radius 1 is 0.857 bits per heavy atom. The lowest BCUT2D eigenvalue weighted by Crippen LogP contribution is -2.55. The molecule has 42 heavy (non-hydrogen) atoms. The van der Waals surface area contributed by atoms with Gasteiger partial charge in [-0.15, -0.1) is 6.42 Å². The first-order chi connectivity index (χ1) is 20.0. The maximum Gasteiger partial charge on any atom is 0.410 e. The van der Waals surface area contributed by atoms with Gasteiger partial charge in [0.05, 0.1) is 32.7 Å². The maximum absolute atomic E-state index is 13.7. The third kappa shape index (κ3) is 8.96. The molecule has 0 aliphatic carbocycles. The van der Waals surface area contributed by atoms with Crippen molar-refractivity contribution in [1.29, 1.82) is 0 Å². The van der Waals surface area contributed by atoms with E-state index in [0.717, 1.165) is 5.56 Å². The molecular formula is C31H39N5O6. The number of nitrogens with zero attached hydrogens (tertiary/aromatic N) is 2. The predicted molar refractivity (Wildman–Crippen MR) is 156 cm³/mol. The van der Waals surface area contributed by atoms with Crippen molar-refractivity contribution in [3.05, 3.63) is 59.4 Å². The van der Waals surface area contributed by atoms with Crippen molar-refractivity contribution in [3.8, 4) is 12.3 Å². The van der Waals surface area contributed by atoms with Crippen LogP contribution in [0.2, 0.25) is 0 Å². The van der Waals surface area contributed by atoms with E-state index in [4.69, 9.17) is 11.2 Å². The highest BCUT2D eigenvalue weighted by Gasteiger charge is 2.34. The van der Waals surface area contributed by atoms with Gasteiger partial charge >= 0.3 is 6.09 Å². The molecule has 0 fully saturated rings. The highest BCUT2D eigenvalue weighted by molar-refractivity contribution is 5.98. The third-order valence-corrected chi connectivity index (χ3v) is 6.79. The molecule has 0 saturated carbocycles. The van der Waals surface area contributed by atoms with Crippen LogP contribution in [-0.2, 0) is 30.5 Å². The van der Waals surface area contributed by atoms with Crippen molar-refractivity contribution in [3.63, 3.8) is 0 Å². The fraction of sp³-hybridized carbons (Fsp3) is 0.452. The van der Waals surface area contributed by atoms with Crippen LogP contribution in [0.3, 0.4) is 0 Å². The summed E-state index contributed by atoms with van der Waals surface area (Å²) in [4.78, 5) is 66.8. The maximum atomic E-state index is 13.7. The average molecular weight is 578 g/mol. The second-order valence-corrected chi connectivity index (χ2v) is 11.0. The number of amides is 3. The lowest BCUT2D eigenvalue weighted by molar-refractivity contribution is -0.137. The smallest absolute Gasteiger partial charge is 0.410 e. The predicted octanol–water partition coefficient (Wildman–Crippen LogP) is 1.36. The molecule has 224 valence electrons. The molecule has 0 aromatic heterocycles. The first-order valence-electron chi connectivity index (χ1n) is 13.9. The summed E-state index contributed by atoms with van der Waals surface area (Å²) in [6, 6.07) is 7.77. The second kappa shape index (κ2) is 14.9. The van der Waals surface area contributed by atoms with E-state index in [-0.39, 0.29) is 74.5 Å². The number of ether oxygens (including phenoxy) is 1. The van der Waals surface area contributed by atoms with Gasteiger partial charge in [0, 0.05) is 23.5 Å². The van der Waals surface area contributed by atoms with Crippen molar-refractivity contribution >= 4 is 29.5 Å². The van der Waals surface area contributed by atoms with Crippen molar-refractivity contribution in [2.24, 2.45) is 11.8 Å². The molecule has 0 unspecified atom stereocenters. The Labute approximate surface area is 246 Å². The van der Waals surface area contributed by atoms with Crippen LogP contribution in [0.15, 0.2) is 53.9 Å². The van der Waals surface area contributed by atoms with Crippen LogP contribution in [0.5, 0.6) is 0 Å². The van der Waals surface area contributed by atoms with Crippen molar-refractivity contribution in [2.45, 2.75) is 46.4 Å². The third-order valence-electron chi connectivity index (χ3n) is 6.79. The molecule has 2 aliphatic rings. The largest absolute Gasteiger partial charge is 0.445 e. The average Bonchev–Trinajstić information content (AvgIpc) is 2.95. The molecule has 0 saturated heterocycles. The van der Waals surface area contributed by atoms with Crippen molar-refractivity contribution in [1.82, 2.24) is 25.8 Å². The van der Waals surface area contributed by atoms with Gasteiger partial charge in [-0.1, -0.05) is 63.9 Å². The summed E-state index contributed by atoms with van der Waals surface area (Å²) < 4.78 is 5.39. The van der Waals surface area contributed by atoms with E-state index in [2.05, 4.69) is 21.9 Å². The summed E-state index contributed by atoms with van der Waals surface area (Å²) in [6.07, 6.45) is 7.41. The quantitative estimate of drug-likeness (QED) is 0.336. The van der Waals surface area contributed by atoms with Crippen LogP contribution in [0.25, 0.3) is 0 Å². The lowest BCUT2D eigenvalue weighted by atomic mass is 9.99. The van der Waals surface area contributed by atoms with E-state index in [0.29, 0.717) is 11.4 Å². The molecule has 3 amide bonds. The minimum absolute atomic E-state index is 0.0599. The summed E-state index contributed by atoms with van der Waals surface area (Å²) in [5, 5.41) is 8.89. The van der Waals surface area contributed by atoms with Crippen LogP contribution >= 0.6 is 0 Å². The summed E-state index contributed by atoms with van der Waals surface area (Å²) >= 11 is 0. The van der Waals surface area contributed by atoms with Gasteiger partial charge in [-0.3, -0.25) is 24.1 Å². The van der Waals surface area contributed by atoms with E-state index in [1.807, 2.05) is 58.0 Å². The minimum Gasteiger partial charge on any atom is -0.445 e. The fourth-order valence-corrected chi connectivity index (χ4v) is 4.63. The van der Waals surface area contributed by atoms with Crippen LogP contribution in [0.1, 0.15) is 33.3 Å². The van der Waals surface area contributed by atoms with E-state index in [9.17, 15) is 24.0 Å². The van der Waals surface area contributed by atoms with Gasteiger partial charge in [0.1, 0.15) is 18.7 Å². The Balaban J connectivity index is 1.66. The zero-order chi connectivity index (χ0) is 30.8. The first kappa shape index (κ1) is 31.9. The van der Waals surface area contributed by atoms with Gasteiger partial charge in [0.15, 0.2) is 11.6 Å². The molecule has 3 rings (SSSR count). The highest BCUT2D eigenvalue weighted by Crippen LogP contribution is 2.17. The van der Waals surface area contributed by atoms with Crippen molar-refractivity contribution < 1.29 is 28.7 Å². The zero-order valence-electron chi connectivity index (χ0n) is 24.5. The van der Waals surface area contributed by atoms with E-state index >= 15 is 0 Å². The number of hydrogen-bond acceptors (Lipinski definition) is 8. The zero-order valence-corrected chi connectivity index (χ0v) is 24.5. The number of terminal acetylenes is 1. The molecular weight excluding hydrogens is 538 g/mol. The Hall–Kier alpha value is -4.59. The number of carbonyl (C=O) groups excluding carboxylic acids is 5. The Kier molecular flexibility index (Phi) is 11.3. The van der Waals surface area contributed by atoms with Gasteiger partial charge < -0.3 is 25.6 Å². The molecule has 1 aromatic carbocycles. The topological polar surface area (TPSA) is 137 Å². The van der Waals surface area contributed by atoms with Gasteiger partial charge in [-0.2, -0.15) is 0 Å². The SMILES string of the molecule is C#CCNC(=O)[C@@H](NC1=CC(=O)CN(C(=O)[C@@H](NC2=CC(=O)CN(C(=O)OCc3ccccc3)C2)C(C)C)C1)C(C)C. The van der Waals surface area contributed by atoms with Crippen LogP contribution < -0.4 is 16.0 Å². The lowest BCUT2D eigenvalue weighted by Gasteiger charge is -2.35. The molecule has 1 aromatic rings. The molecule has 2 heterocycles. The van der Waals surface area contributed by atoms with Gasteiger partial charge in [-0.25, -0.2) is 4.79 Å². The summed E-state index contributed by atoms with van der Waals surface area (Å²) in [5.74, 6) is 0.786. The molecule has 2 aliphatic heterocycles. The minimum atomic E-state index is -0.781. The molecule has 2 atom stereocenters. The molecule has 3 N–H and O–H groups in total. The highest BCUT2D eigenvalue weighted by atomic mass is 16.6. The fourth-order valence-electron chi connectivity index (χ4n) is 4.63. The summed E-state index contributed by atoms with van der Waals surface area (Å²) in [6.45, 7) is 7.46. The van der Waals surface area contributed by atoms with E-state index in [1.165, 1.54) is 22.0 Å². The Morgan fingerprint density at radius 2 is 1.40 bits per heavy atom. The standard InChI is InChI=1S/C31H39N5O6/c1-6-12-32-29(39)27(20(2)3)33-23-13-25(37)17-35(15-23)30(40)28(21(4)5)34-24-14-26(38)18-36(16-24)31(41)42-19-22-10-8-7-9-11-22/h1,7-11,13-14,20-21,27-28,33-34H,12,15-19H2,2-5H3,(H,32,39)/t27-,28-/m0/s1. The van der Waals surface area contributed by atoms with Gasteiger partial charge in [-0.05, 0) is 17.4 Å². The Bertz CT molecular complexity index is 1280. The number of nitrogens with one attached hydrogen (secondary N) is 3. The second-order valence-electron chi connectivity index (χ2n) is 11.0. The monoisotopic (exact) mass is 577 g/mol. The van der Waals surface area contributed by atoms with E-state index < -0.39 is 18.2 Å². The number of carbonyl (C=O) groups is 5. The number of hydrogen-bond donors (Lipinski definition) is 3. The molecule has 11 nitrogen and oxygen atoms in total. The summed E-state index contributed by atoms with van der Waals surface area (Å²) in [5.41, 5.74) is 1.66. The molecule has 0 bridgehead atoms. The first-order valence-corrected chi connectivity index (χ1v) is 13.9. The normalized spacial score (nSPS) is 16.7. The van der Waals surface area contributed by atoms with Crippen LogP contribution in [0, 0.1) is 24.2 Å². The van der Waals surface area contributed by atoms with Gasteiger partial charge in [0.2, 0.25) is 11.8 Å². The Morgan fingerprint density at radius 3 is 1.98 bits per heavy atom. The van der Waals surface area contributed by atoms with Gasteiger partial charge in [0.25, 0.3) is 0 Å². The number of ketones is 2. The van der Waals surface area contributed by atoms with Crippen molar-refractivity contribution in [2.75, 3.05) is 32.7 Å². The molecule has 0 spiro atoms. The van der Waals surface area contributed by atoms with Crippen LogP contribution in [-0.4, -0.2) is 84.1 Å². The van der Waals surface area contributed by atoms with E-state index in [1.54, 1.807) is 0 Å². The molecule has 0 radical (unpaired) electrons. The number of rotatable bonds is 11.